The maximum Gasteiger partial charge on any atom is 0.534 e. The van der Waals surface area contributed by atoms with E-state index in [1.807, 2.05) is 182 Å². The molecule has 1 unspecified atom stereocenters. The number of thiazole rings is 1. The Hall–Kier alpha value is -8.00. The summed E-state index contributed by atoms with van der Waals surface area (Å²) in [5, 5.41) is 22.3. The van der Waals surface area contributed by atoms with Crippen molar-refractivity contribution in [2.75, 3.05) is 11.1 Å². The second kappa shape index (κ2) is 20.4. The number of aliphatic carboxylic acids is 1. The fourth-order valence-electron chi connectivity index (χ4n) is 8.59. The Balaban J connectivity index is 1.13. The number of rotatable bonds is 17. The third kappa shape index (κ3) is 9.36. The van der Waals surface area contributed by atoms with Gasteiger partial charge in [-0.05, 0) is 28.3 Å². The van der Waals surface area contributed by atoms with Gasteiger partial charge >= 0.3 is 21.6 Å². The van der Waals surface area contributed by atoms with Gasteiger partial charge in [0.15, 0.2) is 10.8 Å². The molecule has 19 heteroatoms. The standard InChI is InChI=1S/C53H40F3N5O8S3/c54-53(55,56)72(66,67)68-32-31-35-33-70-48-44(47(63)61(48)45(35)49(64)65)58-46(62)43(60-69-52(39-25-13-4-14-26-39,40-27-15-5-16-28-40)41-29-17-6-18-30-41)42-34-71-50(57-42)59-51(36-19-7-1-8-20-36,37-21-9-2-10-22-37)38-23-11-3-12-24-38/h1-32,34,44,48H,33H2,(H,57,59)(H,58,62)(H,64,65)/b32-31+,60-43-/t44?,48-/m1/s1. The summed E-state index contributed by atoms with van der Waals surface area (Å²) in [6.07, 6.45) is 0.917. The van der Waals surface area contributed by atoms with Crippen LogP contribution in [0.25, 0.3) is 0 Å². The van der Waals surface area contributed by atoms with Gasteiger partial charge in [0.25, 0.3) is 11.8 Å². The quantitative estimate of drug-likeness (QED) is 0.0151. The molecule has 3 heterocycles. The number of nitrogens with one attached hydrogen (secondary N) is 2. The van der Waals surface area contributed by atoms with Crippen molar-refractivity contribution >= 4 is 61.8 Å². The number of halogens is 3. The van der Waals surface area contributed by atoms with Crippen LogP contribution in [0, 0.1) is 0 Å². The average molecular weight is 1030 g/mol. The highest BCUT2D eigenvalue weighted by molar-refractivity contribution is 8.00. The number of allylic oxidation sites excluding steroid dienone is 1. The van der Waals surface area contributed by atoms with Crippen molar-refractivity contribution in [2.45, 2.75) is 28.1 Å². The number of carbonyl (C=O) groups is 3. The van der Waals surface area contributed by atoms with Crippen LogP contribution in [0.4, 0.5) is 18.3 Å². The Morgan fingerprint density at radius 2 is 1.17 bits per heavy atom. The zero-order chi connectivity index (χ0) is 50.5. The number of anilines is 1. The number of thioether (sulfide) groups is 1. The lowest BCUT2D eigenvalue weighted by Crippen LogP contribution is -2.71. The molecule has 72 heavy (non-hydrogen) atoms. The lowest BCUT2D eigenvalue weighted by molar-refractivity contribution is -0.150. The molecule has 1 saturated heterocycles. The van der Waals surface area contributed by atoms with Crippen molar-refractivity contribution < 1.29 is 50.1 Å². The van der Waals surface area contributed by atoms with Gasteiger partial charge in [0.2, 0.25) is 5.60 Å². The Labute approximate surface area is 419 Å². The number of alkyl halides is 3. The van der Waals surface area contributed by atoms with Crippen molar-refractivity contribution in [1.29, 1.82) is 0 Å². The summed E-state index contributed by atoms with van der Waals surface area (Å²) in [7, 11) is -6.04. The molecule has 1 fully saturated rings. The molecular weight excluding hydrogens is 988 g/mol. The summed E-state index contributed by atoms with van der Waals surface area (Å²) in [5.74, 6) is -3.64. The normalized spacial score (nSPS) is 16.4. The number of nitrogens with zero attached hydrogens (tertiary/aromatic N) is 3. The largest absolute Gasteiger partial charge is 0.534 e. The molecular formula is C53H40F3N5O8S3. The molecule has 0 spiro atoms. The predicted molar refractivity (Wildman–Crippen MR) is 267 cm³/mol. The van der Waals surface area contributed by atoms with E-state index in [2.05, 4.69) is 20.0 Å². The van der Waals surface area contributed by atoms with Crippen LogP contribution in [-0.4, -0.2) is 69.6 Å². The lowest BCUT2D eigenvalue weighted by atomic mass is 9.77. The van der Waals surface area contributed by atoms with Gasteiger partial charge in [0.1, 0.15) is 34.6 Å². The third-order valence-electron chi connectivity index (χ3n) is 11.9. The van der Waals surface area contributed by atoms with Crippen LogP contribution in [0.15, 0.2) is 216 Å². The fraction of sp³-hybridized carbons (Fsp3) is 0.113. The number of amides is 2. The lowest BCUT2D eigenvalue weighted by Gasteiger charge is -2.49. The Morgan fingerprint density at radius 3 is 1.60 bits per heavy atom. The number of fused-ring (bicyclic) bond motifs is 1. The van der Waals surface area contributed by atoms with Crippen molar-refractivity contribution in [3.63, 3.8) is 0 Å². The molecule has 1 aromatic heterocycles. The van der Waals surface area contributed by atoms with E-state index < -0.39 is 61.7 Å². The first-order chi connectivity index (χ1) is 34.7. The van der Waals surface area contributed by atoms with Gasteiger partial charge in [-0.15, -0.1) is 23.1 Å². The number of β-lactam (4-membered cyclic amide) rings is 1. The van der Waals surface area contributed by atoms with E-state index in [-0.39, 0.29) is 29.0 Å². The van der Waals surface area contributed by atoms with E-state index in [1.54, 1.807) is 5.38 Å². The first-order valence-electron chi connectivity index (χ1n) is 22.0. The van der Waals surface area contributed by atoms with Crippen LogP contribution in [0.1, 0.15) is 39.1 Å². The van der Waals surface area contributed by atoms with Gasteiger partial charge in [0, 0.05) is 27.8 Å². The molecule has 0 aliphatic carbocycles. The number of carbonyl (C=O) groups excluding carboxylic acids is 2. The molecule has 6 aromatic carbocycles. The smallest absolute Gasteiger partial charge is 0.477 e. The number of carboxylic acid groups (broad SMARTS) is 1. The average Bonchev–Trinajstić information content (AvgIpc) is 3.87. The van der Waals surface area contributed by atoms with Crippen molar-refractivity contribution in [3.05, 3.63) is 250 Å². The summed E-state index contributed by atoms with van der Waals surface area (Å²) in [4.78, 5) is 54.2. The topological polar surface area (TPSA) is 177 Å². The second-order valence-corrected chi connectivity index (χ2v) is 19.7. The minimum Gasteiger partial charge on any atom is -0.477 e. The highest BCUT2D eigenvalue weighted by Crippen LogP contribution is 2.44. The molecule has 2 atom stereocenters. The van der Waals surface area contributed by atoms with E-state index in [0.29, 0.717) is 21.8 Å². The first kappa shape index (κ1) is 49.0. The summed E-state index contributed by atoms with van der Waals surface area (Å²) < 4.78 is 65.7. The number of oxime groups is 1. The Kier molecular flexibility index (Phi) is 13.9. The molecule has 2 amide bonds. The highest BCUT2D eigenvalue weighted by atomic mass is 32.2. The maximum atomic E-state index is 15.0. The SMILES string of the molecule is O=C(O)C1=C(/C=C/OS(=O)(=O)C(F)(F)F)CS[C@@H]2C(NC(=O)/C(=N\OC(c3ccccc3)(c3ccccc3)c3ccccc3)c3csc(NC(c4ccccc4)(c4ccccc4)c4ccccc4)n3)C(=O)N12. The van der Waals surface area contributed by atoms with Crippen molar-refractivity contribution in [1.82, 2.24) is 15.2 Å². The van der Waals surface area contributed by atoms with Gasteiger partial charge in [-0.1, -0.05) is 187 Å². The van der Waals surface area contributed by atoms with Gasteiger partial charge < -0.3 is 24.8 Å². The molecule has 3 N–H and O–H groups in total. The second-order valence-electron chi connectivity index (χ2n) is 16.2. The summed E-state index contributed by atoms with van der Waals surface area (Å²) in [6.45, 7) is 0. The number of carboxylic acids is 1. The van der Waals surface area contributed by atoms with Crippen LogP contribution < -0.4 is 10.6 Å². The van der Waals surface area contributed by atoms with Crippen LogP contribution in [0.3, 0.4) is 0 Å². The summed E-state index contributed by atoms with van der Waals surface area (Å²) in [6, 6.07) is 56.0. The molecule has 0 bridgehead atoms. The van der Waals surface area contributed by atoms with Crippen LogP contribution in [0.2, 0.25) is 0 Å². The van der Waals surface area contributed by atoms with Crippen LogP contribution >= 0.6 is 23.1 Å². The van der Waals surface area contributed by atoms with Crippen LogP contribution in [-0.2, 0) is 44.7 Å². The molecule has 13 nitrogen and oxygen atoms in total. The minimum absolute atomic E-state index is 0.0541. The van der Waals surface area contributed by atoms with Gasteiger partial charge in [0.05, 0.1) is 0 Å². The van der Waals surface area contributed by atoms with Crippen LogP contribution in [0.5, 0.6) is 0 Å². The highest BCUT2D eigenvalue weighted by Gasteiger charge is 2.55. The number of hydrogen-bond donors (Lipinski definition) is 3. The van der Waals surface area contributed by atoms with Gasteiger partial charge in [-0.2, -0.15) is 21.6 Å². The zero-order valence-electron chi connectivity index (χ0n) is 37.4. The maximum absolute atomic E-state index is 15.0. The van der Waals surface area contributed by atoms with E-state index >= 15 is 0 Å². The van der Waals surface area contributed by atoms with E-state index in [0.717, 1.165) is 39.4 Å². The first-order valence-corrected chi connectivity index (χ1v) is 25.3. The number of benzene rings is 6. The number of aromatic nitrogens is 1. The Bertz CT molecular complexity index is 3100. The van der Waals surface area contributed by atoms with Crippen molar-refractivity contribution in [3.8, 4) is 0 Å². The molecule has 7 aromatic rings. The molecule has 9 rings (SSSR count). The number of hydrogen-bond acceptors (Lipinski definition) is 12. The molecule has 0 radical (unpaired) electrons. The predicted octanol–water partition coefficient (Wildman–Crippen LogP) is 9.38. The van der Waals surface area contributed by atoms with E-state index in [9.17, 15) is 41.1 Å². The van der Waals surface area contributed by atoms with E-state index in [4.69, 9.17) is 9.82 Å². The third-order valence-corrected chi connectivity index (χ3v) is 14.9. The Morgan fingerprint density at radius 1 is 0.722 bits per heavy atom. The fourth-order valence-corrected chi connectivity index (χ4v) is 11.0. The van der Waals surface area contributed by atoms with Gasteiger partial charge in [-0.3, -0.25) is 14.5 Å². The minimum atomic E-state index is -6.04. The van der Waals surface area contributed by atoms with Gasteiger partial charge in [-0.25, -0.2) is 9.78 Å². The van der Waals surface area contributed by atoms with E-state index in [1.165, 1.54) is 11.3 Å². The monoisotopic (exact) mass is 1030 g/mol. The molecule has 2 aliphatic rings. The summed E-state index contributed by atoms with van der Waals surface area (Å²) >= 11 is 2.17. The summed E-state index contributed by atoms with van der Waals surface area (Å²) in [5.41, 5.74) is -4.72. The molecule has 364 valence electrons. The molecule has 0 saturated carbocycles. The van der Waals surface area contributed by atoms with Crippen molar-refractivity contribution in [2.24, 2.45) is 5.16 Å². The zero-order valence-corrected chi connectivity index (χ0v) is 39.9. The molecule has 2 aliphatic heterocycles.